The zero-order valence-electron chi connectivity index (χ0n) is 11.4. The molecule has 2 N–H and O–H groups in total. The topological polar surface area (TPSA) is 67.0 Å². The van der Waals surface area contributed by atoms with Crippen LogP contribution in [0.3, 0.4) is 0 Å². The molecule has 0 aliphatic heterocycles. The van der Waals surface area contributed by atoms with Crippen LogP contribution in [0.4, 0.5) is 4.79 Å². The van der Waals surface area contributed by atoms with Gasteiger partial charge in [0.25, 0.3) is 0 Å². The average Bonchev–Trinajstić information content (AvgIpc) is 2.99. The SMILES string of the molecule is O=C(NCc1ccc2[nH]ncc2c1)OCc1ccccc1. The van der Waals surface area contributed by atoms with E-state index in [0.29, 0.717) is 6.54 Å². The van der Waals surface area contributed by atoms with Crippen LogP contribution in [-0.4, -0.2) is 16.3 Å². The lowest BCUT2D eigenvalue weighted by atomic mass is 10.1. The van der Waals surface area contributed by atoms with Crippen LogP contribution in [0.15, 0.2) is 54.7 Å². The van der Waals surface area contributed by atoms with Crippen molar-refractivity contribution in [3.63, 3.8) is 0 Å². The van der Waals surface area contributed by atoms with Crippen LogP contribution in [0.25, 0.3) is 10.9 Å². The van der Waals surface area contributed by atoms with Crippen LogP contribution < -0.4 is 5.32 Å². The number of hydrogen-bond acceptors (Lipinski definition) is 3. The van der Waals surface area contributed by atoms with Crippen molar-refractivity contribution in [3.05, 3.63) is 65.9 Å². The van der Waals surface area contributed by atoms with Crippen molar-refractivity contribution in [2.24, 2.45) is 0 Å². The Balaban J connectivity index is 1.51. The van der Waals surface area contributed by atoms with Gasteiger partial charge in [0.05, 0.1) is 11.7 Å². The van der Waals surface area contributed by atoms with Gasteiger partial charge in [-0.25, -0.2) is 4.79 Å². The van der Waals surface area contributed by atoms with Gasteiger partial charge in [0.2, 0.25) is 0 Å². The third kappa shape index (κ3) is 3.39. The number of rotatable bonds is 4. The molecule has 3 rings (SSSR count). The second kappa shape index (κ2) is 6.09. The van der Waals surface area contributed by atoms with E-state index in [-0.39, 0.29) is 6.61 Å². The van der Waals surface area contributed by atoms with Crippen LogP contribution in [0.2, 0.25) is 0 Å². The lowest BCUT2D eigenvalue weighted by molar-refractivity contribution is 0.139. The highest BCUT2D eigenvalue weighted by atomic mass is 16.5. The number of aromatic nitrogens is 2. The first-order valence-electron chi connectivity index (χ1n) is 6.68. The highest BCUT2D eigenvalue weighted by Crippen LogP contribution is 2.12. The van der Waals surface area contributed by atoms with Crippen LogP contribution >= 0.6 is 0 Å². The Labute approximate surface area is 121 Å². The van der Waals surface area contributed by atoms with Crippen molar-refractivity contribution in [2.45, 2.75) is 13.2 Å². The first kappa shape index (κ1) is 13.2. The fourth-order valence-corrected chi connectivity index (χ4v) is 2.05. The summed E-state index contributed by atoms with van der Waals surface area (Å²) < 4.78 is 5.15. The normalized spacial score (nSPS) is 10.5. The van der Waals surface area contributed by atoms with Gasteiger partial charge in [0.15, 0.2) is 0 Å². The second-order valence-electron chi connectivity index (χ2n) is 4.71. The number of ether oxygens (including phenoxy) is 1. The zero-order chi connectivity index (χ0) is 14.5. The maximum Gasteiger partial charge on any atom is 0.407 e. The molecule has 1 heterocycles. The molecule has 0 bridgehead atoms. The average molecular weight is 281 g/mol. The van der Waals surface area contributed by atoms with Gasteiger partial charge in [-0.15, -0.1) is 0 Å². The highest BCUT2D eigenvalue weighted by Gasteiger charge is 2.03. The Morgan fingerprint density at radius 2 is 2.00 bits per heavy atom. The fraction of sp³-hybridized carbons (Fsp3) is 0.125. The summed E-state index contributed by atoms with van der Waals surface area (Å²) in [5.41, 5.74) is 2.94. The number of H-pyrrole nitrogens is 1. The number of carbonyl (C=O) groups excluding carboxylic acids is 1. The summed E-state index contributed by atoms with van der Waals surface area (Å²) in [4.78, 5) is 11.7. The van der Waals surface area contributed by atoms with Gasteiger partial charge in [-0.2, -0.15) is 5.10 Å². The Kier molecular flexibility index (Phi) is 3.82. The van der Waals surface area contributed by atoms with Crippen molar-refractivity contribution in [3.8, 4) is 0 Å². The number of amides is 1. The molecule has 3 aromatic rings. The van der Waals surface area contributed by atoms with Gasteiger partial charge in [0, 0.05) is 11.9 Å². The van der Waals surface area contributed by atoms with Gasteiger partial charge in [0.1, 0.15) is 6.61 Å². The molecule has 0 spiro atoms. The zero-order valence-corrected chi connectivity index (χ0v) is 11.4. The van der Waals surface area contributed by atoms with Crippen molar-refractivity contribution >= 4 is 17.0 Å². The molecule has 1 aromatic heterocycles. The molecule has 0 aliphatic carbocycles. The number of hydrogen-bond donors (Lipinski definition) is 2. The minimum Gasteiger partial charge on any atom is -0.445 e. The predicted molar refractivity (Wildman–Crippen MR) is 79.6 cm³/mol. The number of nitrogens with zero attached hydrogens (tertiary/aromatic N) is 1. The molecule has 0 saturated heterocycles. The molecule has 2 aromatic carbocycles. The van der Waals surface area contributed by atoms with E-state index in [1.807, 2.05) is 48.5 Å². The molecule has 5 nitrogen and oxygen atoms in total. The molecule has 0 atom stereocenters. The number of benzene rings is 2. The number of aromatic amines is 1. The highest BCUT2D eigenvalue weighted by molar-refractivity contribution is 5.78. The number of alkyl carbamates (subject to hydrolysis) is 1. The molecule has 0 saturated carbocycles. The lowest BCUT2D eigenvalue weighted by Crippen LogP contribution is -2.23. The summed E-state index contributed by atoms with van der Waals surface area (Å²) in [6, 6.07) is 15.5. The fourth-order valence-electron chi connectivity index (χ4n) is 2.05. The molecule has 0 fully saturated rings. The van der Waals surface area contributed by atoms with E-state index >= 15 is 0 Å². The van der Waals surface area contributed by atoms with Crippen LogP contribution in [0.1, 0.15) is 11.1 Å². The van der Waals surface area contributed by atoms with Crippen molar-refractivity contribution in [2.75, 3.05) is 0 Å². The van der Waals surface area contributed by atoms with Gasteiger partial charge in [-0.3, -0.25) is 5.10 Å². The summed E-state index contributed by atoms with van der Waals surface area (Å²) in [6.07, 6.45) is 1.33. The Morgan fingerprint density at radius 3 is 2.86 bits per heavy atom. The summed E-state index contributed by atoms with van der Waals surface area (Å²) in [5, 5.41) is 10.6. The van der Waals surface area contributed by atoms with E-state index in [0.717, 1.165) is 22.0 Å². The van der Waals surface area contributed by atoms with Crippen molar-refractivity contribution < 1.29 is 9.53 Å². The second-order valence-corrected chi connectivity index (χ2v) is 4.71. The van der Waals surface area contributed by atoms with Crippen LogP contribution in [0, 0.1) is 0 Å². The van der Waals surface area contributed by atoms with E-state index in [2.05, 4.69) is 15.5 Å². The minimum absolute atomic E-state index is 0.271. The van der Waals surface area contributed by atoms with E-state index in [1.54, 1.807) is 6.20 Å². The molecule has 1 amide bonds. The van der Waals surface area contributed by atoms with Gasteiger partial charge < -0.3 is 10.1 Å². The third-order valence-corrected chi connectivity index (χ3v) is 3.15. The molecular weight excluding hydrogens is 266 g/mol. The standard InChI is InChI=1S/C16H15N3O2/c20-16(21-11-12-4-2-1-3-5-12)17-9-13-6-7-15-14(8-13)10-18-19-15/h1-8,10H,9,11H2,(H,17,20)(H,18,19). The van der Waals surface area contributed by atoms with Crippen molar-refractivity contribution in [1.29, 1.82) is 0 Å². The predicted octanol–water partition coefficient (Wildman–Crippen LogP) is 2.99. The molecule has 5 heteroatoms. The van der Waals surface area contributed by atoms with Crippen LogP contribution in [-0.2, 0) is 17.9 Å². The largest absolute Gasteiger partial charge is 0.445 e. The first-order chi connectivity index (χ1) is 10.3. The van der Waals surface area contributed by atoms with E-state index in [4.69, 9.17) is 4.74 Å². The third-order valence-electron chi connectivity index (χ3n) is 3.15. The monoisotopic (exact) mass is 281 g/mol. The Hall–Kier alpha value is -2.82. The number of nitrogens with one attached hydrogen (secondary N) is 2. The Bertz CT molecular complexity index is 737. The molecule has 0 radical (unpaired) electrons. The molecule has 0 aliphatic rings. The molecule has 0 unspecified atom stereocenters. The van der Waals surface area contributed by atoms with Crippen LogP contribution in [0.5, 0.6) is 0 Å². The van der Waals surface area contributed by atoms with Gasteiger partial charge >= 0.3 is 6.09 Å². The summed E-state index contributed by atoms with van der Waals surface area (Å²) >= 11 is 0. The summed E-state index contributed by atoms with van der Waals surface area (Å²) in [5.74, 6) is 0. The summed E-state index contributed by atoms with van der Waals surface area (Å²) in [7, 11) is 0. The van der Waals surface area contributed by atoms with Gasteiger partial charge in [-0.1, -0.05) is 36.4 Å². The quantitative estimate of drug-likeness (QED) is 0.772. The molecular formula is C16H15N3O2. The number of fused-ring (bicyclic) bond motifs is 1. The smallest absolute Gasteiger partial charge is 0.407 e. The van der Waals surface area contributed by atoms with E-state index in [1.165, 1.54) is 0 Å². The first-order valence-corrected chi connectivity index (χ1v) is 6.68. The Morgan fingerprint density at radius 1 is 1.14 bits per heavy atom. The maximum absolute atomic E-state index is 11.7. The van der Waals surface area contributed by atoms with E-state index in [9.17, 15) is 4.79 Å². The van der Waals surface area contributed by atoms with Crippen molar-refractivity contribution in [1.82, 2.24) is 15.5 Å². The van der Waals surface area contributed by atoms with E-state index < -0.39 is 6.09 Å². The maximum atomic E-state index is 11.7. The molecule has 21 heavy (non-hydrogen) atoms. The summed E-state index contributed by atoms with van der Waals surface area (Å²) in [6.45, 7) is 0.697. The lowest BCUT2D eigenvalue weighted by Gasteiger charge is -2.07. The number of carbonyl (C=O) groups is 1. The minimum atomic E-state index is -0.425. The molecule has 106 valence electrons. The van der Waals surface area contributed by atoms with Gasteiger partial charge in [-0.05, 0) is 23.3 Å².